The molecule has 0 spiro atoms. The Kier molecular flexibility index (Phi) is 9.92. The largest absolute Gasteiger partial charge is 0.382 e. The Morgan fingerprint density at radius 1 is 0.938 bits per heavy atom. The summed E-state index contributed by atoms with van der Waals surface area (Å²) in [6.07, 6.45) is 0.194. The maximum atomic E-state index is 5.80. The molecule has 0 radical (unpaired) electrons. The molecule has 0 aliphatic rings. The minimum absolute atomic E-state index is 0.0916. The van der Waals surface area contributed by atoms with Crippen LogP contribution in [0.15, 0.2) is 0 Å². The Morgan fingerprint density at radius 3 is 2.06 bits per heavy atom. The SMILES string of the molecule is COCC(C)OC(CNCC(C)C)COC. The molecule has 0 saturated heterocycles. The summed E-state index contributed by atoms with van der Waals surface area (Å²) in [5.41, 5.74) is 0. The zero-order valence-electron chi connectivity index (χ0n) is 11.3. The van der Waals surface area contributed by atoms with Crippen molar-refractivity contribution in [1.29, 1.82) is 0 Å². The third-order valence-corrected chi connectivity index (χ3v) is 2.10. The molecule has 4 nitrogen and oxygen atoms in total. The van der Waals surface area contributed by atoms with Crippen LogP contribution < -0.4 is 5.32 Å². The quantitative estimate of drug-likeness (QED) is 0.617. The van der Waals surface area contributed by atoms with Crippen molar-refractivity contribution in [3.63, 3.8) is 0 Å². The van der Waals surface area contributed by atoms with E-state index in [0.29, 0.717) is 19.1 Å². The molecule has 0 aliphatic carbocycles. The summed E-state index contributed by atoms with van der Waals surface area (Å²) in [4.78, 5) is 0. The molecule has 0 rings (SSSR count). The molecule has 0 aliphatic heterocycles. The van der Waals surface area contributed by atoms with Gasteiger partial charge in [-0.05, 0) is 19.4 Å². The van der Waals surface area contributed by atoms with E-state index < -0.39 is 0 Å². The van der Waals surface area contributed by atoms with Crippen molar-refractivity contribution in [2.24, 2.45) is 5.92 Å². The van der Waals surface area contributed by atoms with E-state index in [1.54, 1.807) is 14.2 Å². The predicted molar refractivity (Wildman–Crippen MR) is 65.8 cm³/mol. The summed E-state index contributed by atoms with van der Waals surface area (Å²) < 4.78 is 16.0. The number of nitrogens with one attached hydrogen (secondary N) is 1. The van der Waals surface area contributed by atoms with Gasteiger partial charge in [0.05, 0.1) is 25.4 Å². The third-order valence-electron chi connectivity index (χ3n) is 2.10. The molecule has 0 fully saturated rings. The molecule has 2 unspecified atom stereocenters. The van der Waals surface area contributed by atoms with Crippen molar-refractivity contribution in [3.05, 3.63) is 0 Å². The van der Waals surface area contributed by atoms with Gasteiger partial charge in [0.25, 0.3) is 0 Å². The highest BCUT2D eigenvalue weighted by Crippen LogP contribution is 2.00. The van der Waals surface area contributed by atoms with E-state index in [4.69, 9.17) is 14.2 Å². The van der Waals surface area contributed by atoms with E-state index in [1.165, 1.54) is 0 Å². The number of rotatable bonds is 10. The normalized spacial score (nSPS) is 15.4. The fourth-order valence-corrected chi connectivity index (χ4v) is 1.47. The van der Waals surface area contributed by atoms with Crippen molar-refractivity contribution in [3.8, 4) is 0 Å². The smallest absolute Gasteiger partial charge is 0.0937 e. The van der Waals surface area contributed by atoms with Gasteiger partial charge in [-0.25, -0.2) is 0 Å². The molecule has 0 bridgehead atoms. The van der Waals surface area contributed by atoms with Gasteiger partial charge in [-0.3, -0.25) is 0 Å². The van der Waals surface area contributed by atoms with Crippen molar-refractivity contribution in [1.82, 2.24) is 5.32 Å². The predicted octanol–water partition coefficient (Wildman–Crippen LogP) is 1.30. The van der Waals surface area contributed by atoms with Gasteiger partial charge in [-0.15, -0.1) is 0 Å². The average molecular weight is 233 g/mol. The minimum Gasteiger partial charge on any atom is -0.382 e. The Balaban J connectivity index is 3.77. The Labute approximate surface area is 99.6 Å². The second-order valence-corrected chi connectivity index (χ2v) is 4.53. The van der Waals surface area contributed by atoms with Crippen LogP contribution in [0, 0.1) is 5.92 Å². The van der Waals surface area contributed by atoms with Crippen LogP contribution in [-0.2, 0) is 14.2 Å². The molecular weight excluding hydrogens is 206 g/mol. The number of hydrogen-bond acceptors (Lipinski definition) is 4. The molecule has 0 amide bonds. The molecule has 0 aromatic carbocycles. The lowest BCUT2D eigenvalue weighted by Gasteiger charge is -2.22. The highest BCUT2D eigenvalue weighted by atomic mass is 16.6. The first-order valence-electron chi connectivity index (χ1n) is 5.94. The van der Waals surface area contributed by atoms with Gasteiger partial charge >= 0.3 is 0 Å². The van der Waals surface area contributed by atoms with Gasteiger partial charge in [0.1, 0.15) is 0 Å². The fourth-order valence-electron chi connectivity index (χ4n) is 1.47. The number of methoxy groups -OCH3 is 2. The second-order valence-electron chi connectivity index (χ2n) is 4.53. The van der Waals surface area contributed by atoms with Crippen LogP contribution in [0.25, 0.3) is 0 Å². The van der Waals surface area contributed by atoms with Crippen molar-refractivity contribution in [2.75, 3.05) is 40.5 Å². The molecule has 0 saturated carbocycles. The zero-order valence-corrected chi connectivity index (χ0v) is 11.3. The van der Waals surface area contributed by atoms with E-state index in [2.05, 4.69) is 19.2 Å². The van der Waals surface area contributed by atoms with Crippen LogP contribution >= 0.6 is 0 Å². The van der Waals surface area contributed by atoms with E-state index in [-0.39, 0.29) is 12.2 Å². The Bertz CT molecular complexity index is 153. The summed E-state index contributed by atoms with van der Waals surface area (Å²) >= 11 is 0. The van der Waals surface area contributed by atoms with Crippen LogP contribution in [0.4, 0.5) is 0 Å². The van der Waals surface area contributed by atoms with Gasteiger partial charge in [0, 0.05) is 20.8 Å². The van der Waals surface area contributed by atoms with Crippen molar-refractivity contribution < 1.29 is 14.2 Å². The summed E-state index contributed by atoms with van der Waals surface area (Å²) in [6.45, 7) is 9.43. The molecule has 1 N–H and O–H groups in total. The number of ether oxygens (including phenoxy) is 3. The molecule has 0 heterocycles. The molecule has 0 aromatic rings. The van der Waals surface area contributed by atoms with Gasteiger partial charge in [0.15, 0.2) is 0 Å². The monoisotopic (exact) mass is 233 g/mol. The number of hydrogen-bond donors (Lipinski definition) is 1. The first-order chi connectivity index (χ1) is 7.60. The standard InChI is InChI=1S/C12H27NO3/c1-10(2)6-13-7-12(9-15-5)16-11(3)8-14-4/h10-13H,6-9H2,1-5H3. The Morgan fingerprint density at radius 2 is 1.56 bits per heavy atom. The van der Waals surface area contributed by atoms with E-state index in [9.17, 15) is 0 Å². The minimum atomic E-state index is 0.0916. The van der Waals surface area contributed by atoms with Gasteiger partial charge < -0.3 is 19.5 Å². The van der Waals surface area contributed by atoms with Crippen LogP contribution in [0.2, 0.25) is 0 Å². The molecular formula is C12H27NO3. The maximum absolute atomic E-state index is 5.80. The van der Waals surface area contributed by atoms with Crippen LogP contribution in [0.5, 0.6) is 0 Å². The highest BCUT2D eigenvalue weighted by molar-refractivity contribution is 4.64. The highest BCUT2D eigenvalue weighted by Gasteiger charge is 2.13. The fraction of sp³-hybridized carbons (Fsp3) is 1.00. The van der Waals surface area contributed by atoms with Crippen molar-refractivity contribution >= 4 is 0 Å². The summed E-state index contributed by atoms with van der Waals surface area (Å²) in [5.74, 6) is 0.652. The molecule has 2 atom stereocenters. The van der Waals surface area contributed by atoms with E-state index in [1.807, 2.05) is 6.92 Å². The van der Waals surface area contributed by atoms with Gasteiger partial charge in [0.2, 0.25) is 0 Å². The van der Waals surface area contributed by atoms with Gasteiger partial charge in [-0.2, -0.15) is 0 Å². The summed E-state index contributed by atoms with van der Waals surface area (Å²) in [7, 11) is 3.38. The average Bonchev–Trinajstić information content (AvgIpc) is 2.17. The zero-order chi connectivity index (χ0) is 12.4. The first kappa shape index (κ1) is 15.8. The molecule has 98 valence electrons. The van der Waals surface area contributed by atoms with Crippen molar-refractivity contribution in [2.45, 2.75) is 33.0 Å². The lowest BCUT2D eigenvalue weighted by atomic mass is 10.2. The van der Waals surface area contributed by atoms with Crippen LogP contribution in [0.1, 0.15) is 20.8 Å². The second kappa shape index (κ2) is 10.0. The van der Waals surface area contributed by atoms with Crippen LogP contribution in [0.3, 0.4) is 0 Å². The van der Waals surface area contributed by atoms with E-state index in [0.717, 1.165) is 13.1 Å². The van der Waals surface area contributed by atoms with E-state index >= 15 is 0 Å². The Hall–Kier alpha value is -0.160. The summed E-state index contributed by atoms with van der Waals surface area (Å²) in [6, 6.07) is 0. The molecule has 16 heavy (non-hydrogen) atoms. The molecule has 0 aromatic heterocycles. The third kappa shape index (κ3) is 9.09. The van der Waals surface area contributed by atoms with Gasteiger partial charge in [-0.1, -0.05) is 13.8 Å². The lowest BCUT2D eigenvalue weighted by Crippen LogP contribution is -2.37. The lowest BCUT2D eigenvalue weighted by molar-refractivity contribution is -0.0642. The maximum Gasteiger partial charge on any atom is 0.0937 e. The van der Waals surface area contributed by atoms with Crippen LogP contribution in [-0.4, -0.2) is 52.7 Å². The molecule has 4 heteroatoms. The topological polar surface area (TPSA) is 39.7 Å². The summed E-state index contributed by atoms with van der Waals surface area (Å²) in [5, 5.41) is 3.37. The first-order valence-corrected chi connectivity index (χ1v) is 5.94.